The van der Waals surface area contributed by atoms with Gasteiger partial charge < -0.3 is 9.64 Å². The number of ether oxygens (including phenoxy) is 1. The van der Waals surface area contributed by atoms with Gasteiger partial charge in [-0.1, -0.05) is 22.0 Å². The predicted molar refractivity (Wildman–Crippen MR) is 71.4 cm³/mol. The van der Waals surface area contributed by atoms with E-state index < -0.39 is 0 Å². The quantitative estimate of drug-likeness (QED) is 0.804. The van der Waals surface area contributed by atoms with Crippen LogP contribution in [0, 0.1) is 11.3 Å². The van der Waals surface area contributed by atoms with Gasteiger partial charge >= 0.3 is 0 Å². The normalized spacial score (nSPS) is 19.4. The van der Waals surface area contributed by atoms with Crippen LogP contribution in [0.4, 0.5) is 5.69 Å². The summed E-state index contributed by atoms with van der Waals surface area (Å²) in [6.45, 7) is 1.83. The topological polar surface area (TPSA) is 36.3 Å². The van der Waals surface area contributed by atoms with Gasteiger partial charge in [0.05, 0.1) is 17.4 Å². The van der Waals surface area contributed by atoms with Crippen molar-refractivity contribution < 1.29 is 4.74 Å². The lowest BCUT2D eigenvalue weighted by Gasteiger charge is -2.20. The lowest BCUT2D eigenvalue weighted by molar-refractivity contribution is 0.121. The van der Waals surface area contributed by atoms with E-state index in [1.54, 1.807) is 7.11 Å². The number of halogens is 1. The largest absolute Gasteiger partial charge is 0.380 e. The molecule has 1 aromatic rings. The van der Waals surface area contributed by atoms with Crippen molar-refractivity contribution >= 4 is 21.6 Å². The third kappa shape index (κ3) is 2.62. The molecule has 90 valence electrons. The van der Waals surface area contributed by atoms with Crippen molar-refractivity contribution in [2.45, 2.75) is 17.9 Å². The highest BCUT2D eigenvalue weighted by atomic mass is 79.9. The Morgan fingerprint density at radius 1 is 1.59 bits per heavy atom. The maximum Gasteiger partial charge on any atom is 0.101 e. The highest BCUT2D eigenvalue weighted by Crippen LogP contribution is 2.26. The maximum absolute atomic E-state index is 9.20. The molecule has 3 nitrogen and oxygen atoms in total. The van der Waals surface area contributed by atoms with E-state index in [0.29, 0.717) is 0 Å². The fourth-order valence-corrected chi connectivity index (χ4v) is 2.52. The molecule has 0 amide bonds. The number of nitriles is 1. The smallest absolute Gasteiger partial charge is 0.101 e. The second-order valence-corrected chi connectivity index (χ2v) is 4.75. The first-order chi connectivity index (χ1) is 8.28. The molecule has 0 radical (unpaired) electrons. The molecule has 0 saturated carbocycles. The molecule has 0 bridgehead atoms. The van der Waals surface area contributed by atoms with Crippen LogP contribution in [0.5, 0.6) is 0 Å². The molecule has 1 heterocycles. The molecule has 0 aromatic heterocycles. The molecule has 1 fully saturated rings. The Bertz CT molecular complexity index is 442. The molecule has 17 heavy (non-hydrogen) atoms. The van der Waals surface area contributed by atoms with Gasteiger partial charge in [-0.2, -0.15) is 5.26 Å². The van der Waals surface area contributed by atoms with Crippen LogP contribution in [-0.4, -0.2) is 26.3 Å². The minimum absolute atomic E-state index is 0.289. The predicted octanol–water partition coefficient (Wildman–Crippen LogP) is 2.68. The number of rotatable bonds is 3. The van der Waals surface area contributed by atoms with Crippen LogP contribution in [0.15, 0.2) is 18.2 Å². The van der Waals surface area contributed by atoms with Crippen molar-refractivity contribution in [1.82, 2.24) is 0 Å². The lowest BCUT2D eigenvalue weighted by atomic mass is 10.1. The fraction of sp³-hybridized carbons (Fsp3) is 0.462. The molecule has 2 rings (SSSR count). The van der Waals surface area contributed by atoms with Gasteiger partial charge in [0.1, 0.15) is 6.07 Å². The van der Waals surface area contributed by atoms with E-state index in [4.69, 9.17) is 4.74 Å². The molecule has 1 saturated heterocycles. The molecule has 1 unspecified atom stereocenters. The van der Waals surface area contributed by atoms with E-state index in [1.807, 2.05) is 12.1 Å². The van der Waals surface area contributed by atoms with E-state index in [-0.39, 0.29) is 6.10 Å². The standard InChI is InChI=1S/C13H15BrN2O/c1-17-12-4-5-16(9-12)13-3-2-10(7-14)6-11(13)8-15/h2-3,6,12H,4-5,7,9H2,1H3. The van der Waals surface area contributed by atoms with Gasteiger partial charge in [-0.05, 0) is 24.1 Å². The third-order valence-corrected chi connectivity index (χ3v) is 3.80. The van der Waals surface area contributed by atoms with Gasteiger partial charge in [0.2, 0.25) is 0 Å². The van der Waals surface area contributed by atoms with Gasteiger partial charge in [0, 0.05) is 25.5 Å². The van der Waals surface area contributed by atoms with Crippen molar-refractivity contribution in [3.63, 3.8) is 0 Å². The van der Waals surface area contributed by atoms with Gasteiger partial charge in [0.15, 0.2) is 0 Å². The van der Waals surface area contributed by atoms with Gasteiger partial charge in [0.25, 0.3) is 0 Å². The second kappa shape index (κ2) is 5.52. The number of anilines is 1. The van der Waals surface area contributed by atoms with E-state index in [2.05, 4.69) is 33.0 Å². The minimum atomic E-state index is 0.289. The zero-order valence-corrected chi connectivity index (χ0v) is 11.4. The zero-order valence-electron chi connectivity index (χ0n) is 9.82. The van der Waals surface area contributed by atoms with Crippen LogP contribution in [0.1, 0.15) is 17.5 Å². The summed E-state index contributed by atoms with van der Waals surface area (Å²) in [4.78, 5) is 2.23. The molecule has 1 atom stereocenters. The molecule has 1 aliphatic heterocycles. The Balaban J connectivity index is 2.24. The molecular formula is C13H15BrN2O. The van der Waals surface area contributed by atoms with Crippen LogP contribution in [0.25, 0.3) is 0 Å². The highest BCUT2D eigenvalue weighted by Gasteiger charge is 2.23. The minimum Gasteiger partial charge on any atom is -0.380 e. The van der Waals surface area contributed by atoms with Gasteiger partial charge in [-0.15, -0.1) is 0 Å². The molecule has 4 heteroatoms. The van der Waals surface area contributed by atoms with Crippen LogP contribution >= 0.6 is 15.9 Å². The van der Waals surface area contributed by atoms with E-state index in [0.717, 1.165) is 41.7 Å². The summed E-state index contributed by atoms with van der Waals surface area (Å²) in [6.07, 6.45) is 1.32. The monoisotopic (exact) mass is 294 g/mol. The second-order valence-electron chi connectivity index (χ2n) is 4.19. The average Bonchev–Trinajstić information content (AvgIpc) is 2.86. The Morgan fingerprint density at radius 2 is 2.41 bits per heavy atom. The zero-order chi connectivity index (χ0) is 12.3. The molecular weight excluding hydrogens is 280 g/mol. The van der Waals surface area contributed by atoms with E-state index >= 15 is 0 Å². The Kier molecular flexibility index (Phi) is 4.03. The first-order valence-corrected chi connectivity index (χ1v) is 6.77. The van der Waals surface area contributed by atoms with Crippen LogP contribution in [-0.2, 0) is 10.1 Å². The molecule has 1 aliphatic rings. The SMILES string of the molecule is COC1CCN(c2ccc(CBr)cc2C#N)C1. The third-order valence-electron chi connectivity index (χ3n) is 3.15. The van der Waals surface area contributed by atoms with Crippen molar-refractivity contribution in [3.05, 3.63) is 29.3 Å². The highest BCUT2D eigenvalue weighted by molar-refractivity contribution is 9.08. The van der Waals surface area contributed by atoms with Crippen molar-refractivity contribution in [2.75, 3.05) is 25.1 Å². The first-order valence-electron chi connectivity index (χ1n) is 5.65. The Labute approximate surface area is 110 Å². The first kappa shape index (κ1) is 12.4. The van der Waals surface area contributed by atoms with Crippen LogP contribution < -0.4 is 4.90 Å². The van der Waals surface area contributed by atoms with Gasteiger partial charge in [-0.25, -0.2) is 0 Å². The summed E-state index contributed by atoms with van der Waals surface area (Å²) in [5.74, 6) is 0. The summed E-state index contributed by atoms with van der Waals surface area (Å²) in [7, 11) is 1.74. The van der Waals surface area contributed by atoms with Gasteiger partial charge in [-0.3, -0.25) is 0 Å². The number of hydrogen-bond donors (Lipinski definition) is 0. The fourth-order valence-electron chi connectivity index (χ4n) is 2.17. The summed E-state index contributed by atoms with van der Waals surface area (Å²) in [5.41, 5.74) is 2.91. The number of methoxy groups -OCH3 is 1. The number of hydrogen-bond acceptors (Lipinski definition) is 3. The van der Waals surface area contributed by atoms with Crippen molar-refractivity contribution in [3.8, 4) is 6.07 Å². The number of benzene rings is 1. The summed E-state index contributed by atoms with van der Waals surface area (Å²) in [5, 5.41) is 9.98. The number of nitrogens with zero attached hydrogens (tertiary/aromatic N) is 2. The molecule has 0 spiro atoms. The molecule has 0 N–H and O–H groups in total. The van der Waals surface area contributed by atoms with Crippen LogP contribution in [0.3, 0.4) is 0 Å². The molecule has 1 aromatic carbocycles. The summed E-state index contributed by atoms with van der Waals surface area (Å²) >= 11 is 3.41. The Hall–Kier alpha value is -1.05. The van der Waals surface area contributed by atoms with E-state index in [9.17, 15) is 5.26 Å². The lowest BCUT2D eigenvalue weighted by Crippen LogP contribution is -2.23. The summed E-state index contributed by atoms with van der Waals surface area (Å²) in [6, 6.07) is 8.32. The average molecular weight is 295 g/mol. The van der Waals surface area contributed by atoms with Crippen LogP contribution in [0.2, 0.25) is 0 Å². The van der Waals surface area contributed by atoms with Crippen molar-refractivity contribution in [1.29, 1.82) is 5.26 Å². The maximum atomic E-state index is 9.20. The van der Waals surface area contributed by atoms with Crippen molar-refractivity contribution in [2.24, 2.45) is 0 Å². The number of alkyl halides is 1. The summed E-state index contributed by atoms with van der Waals surface area (Å²) < 4.78 is 5.35. The molecule has 0 aliphatic carbocycles. The van der Waals surface area contributed by atoms with E-state index in [1.165, 1.54) is 0 Å². The Morgan fingerprint density at radius 3 is 3.00 bits per heavy atom.